The summed E-state index contributed by atoms with van der Waals surface area (Å²) in [6.07, 6.45) is -4.59. The Balaban J connectivity index is 1.86. The van der Waals surface area contributed by atoms with E-state index in [9.17, 15) is 31.2 Å². The molecule has 2 aliphatic heterocycles. The minimum atomic E-state index is -4.80. The second kappa shape index (κ2) is 6.39. The maximum atomic E-state index is 13.0. The predicted molar refractivity (Wildman–Crippen MR) is 83.9 cm³/mol. The summed E-state index contributed by atoms with van der Waals surface area (Å²) in [7, 11) is -4.23. The lowest BCUT2D eigenvalue weighted by Gasteiger charge is -2.21. The number of hydrogen-bond donors (Lipinski definition) is 1. The molecule has 26 heavy (non-hydrogen) atoms. The van der Waals surface area contributed by atoms with Gasteiger partial charge in [0.25, 0.3) is 0 Å². The molecule has 2 aliphatic rings. The third-order valence-corrected chi connectivity index (χ3v) is 6.44. The molecule has 1 unspecified atom stereocenters. The Morgan fingerprint density at radius 3 is 2.50 bits per heavy atom. The van der Waals surface area contributed by atoms with Crippen molar-refractivity contribution in [1.29, 1.82) is 0 Å². The highest BCUT2D eigenvalue weighted by Crippen LogP contribution is 2.36. The standard InChI is InChI=1S/C14H13ClF3N3O4S/c15-11-2-1-9(5-10(11)14(16,17)18)26(24,25)20-4-3-8(7-20)21-12(22)6-19-13(21)23/h1-2,5,8H,3-4,6-7H2,(H,19,23). The number of amides is 3. The molecule has 2 heterocycles. The lowest BCUT2D eigenvalue weighted by Crippen LogP contribution is -2.42. The van der Waals surface area contributed by atoms with E-state index in [4.69, 9.17) is 11.6 Å². The first-order valence-corrected chi connectivity index (χ1v) is 9.30. The second-order valence-electron chi connectivity index (χ2n) is 5.87. The largest absolute Gasteiger partial charge is 0.417 e. The SMILES string of the molecule is O=C1CNC(=O)N1C1CCN(S(=O)(=O)c2ccc(Cl)c(C(F)(F)F)c2)C1. The smallest absolute Gasteiger partial charge is 0.329 e. The van der Waals surface area contributed by atoms with Gasteiger partial charge in [-0.1, -0.05) is 11.6 Å². The number of nitrogens with zero attached hydrogens (tertiary/aromatic N) is 2. The Labute approximate surface area is 151 Å². The van der Waals surface area contributed by atoms with Crippen molar-refractivity contribution in [3.8, 4) is 0 Å². The summed E-state index contributed by atoms with van der Waals surface area (Å²) >= 11 is 5.51. The summed E-state index contributed by atoms with van der Waals surface area (Å²) in [6, 6.07) is 1.09. The van der Waals surface area contributed by atoms with Crippen LogP contribution in [0.25, 0.3) is 0 Å². The van der Waals surface area contributed by atoms with E-state index in [0.717, 1.165) is 21.3 Å². The van der Waals surface area contributed by atoms with Crippen LogP contribution in [0.2, 0.25) is 5.02 Å². The van der Waals surface area contributed by atoms with Crippen molar-refractivity contribution >= 4 is 33.6 Å². The fourth-order valence-corrected chi connectivity index (χ4v) is 4.72. The molecule has 0 spiro atoms. The number of benzene rings is 1. The zero-order chi connectivity index (χ0) is 19.3. The van der Waals surface area contributed by atoms with Crippen LogP contribution in [0.4, 0.5) is 18.0 Å². The van der Waals surface area contributed by atoms with Gasteiger partial charge < -0.3 is 5.32 Å². The van der Waals surface area contributed by atoms with Gasteiger partial charge in [0, 0.05) is 13.1 Å². The van der Waals surface area contributed by atoms with E-state index in [1.165, 1.54) is 0 Å². The molecule has 1 atom stereocenters. The topological polar surface area (TPSA) is 86.8 Å². The molecule has 1 aromatic carbocycles. The van der Waals surface area contributed by atoms with Gasteiger partial charge in [-0.2, -0.15) is 17.5 Å². The van der Waals surface area contributed by atoms with Gasteiger partial charge in [0.15, 0.2) is 0 Å². The van der Waals surface area contributed by atoms with Gasteiger partial charge in [0.05, 0.1) is 28.1 Å². The van der Waals surface area contributed by atoms with Crippen molar-refractivity contribution in [2.45, 2.75) is 23.5 Å². The van der Waals surface area contributed by atoms with E-state index in [1.807, 2.05) is 0 Å². The molecule has 7 nitrogen and oxygen atoms in total. The molecule has 3 amide bonds. The minimum absolute atomic E-state index is 0.0198. The molecule has 142 valence electrons. The minimum Gasteiger partial charge on any atom is -0.329 e. The van der Waals surface area contributed by atoms with E-state index in [0.29, 0.717) is 6.07 Å². The van der Waals surface area contributed by atoms with E-state index in [1.54, 1.807) is 0 Å². The number of sulfonamides is 1. The molecule has 1 aromatic rings. The van der Waals surface area contributed by atoms with Gasteiger partial charge in [0.2, 0.25) is 15.9 Å². The average Bonchev–Trinajstić information content (AvgIpc) is 3.13. The maximum Gasteiger partial charge on any atom is 0.417 e. The van der Waals surface area contributed by atoms with Gasteiger partial charge in [-0.25, -0.2) is 13.2 Å². The van der Waals surface area contributed by atoms with E-state index in [2.05, 4.69) is 5.32 Å². The van der Waals surface area contributed by atoms with Crippen molar-refractivity contribution in [3.63, 3.8) is 0 Å². The predicted octanol–water partition coefficient (Wildman–Crippen LogP) is 1.67. The molecule has 0 saturated carbocycles. The summed E-state index contributed by atoms with van der Waals surface area (Å²) in [5.74, 6) is -0.468. The van der Waals surface area contributed by atoms with Crippen LogP contribution < -0.4 is 5.32 Å². The van der Waals surface area contributed by atoms with Crippen LogP contribution in [0, 0.1) is 0 Å². The van der Waals surface area contributed by atoms with Crippen molar-refractivity contribution in [1.82, 2.24) is 14.5 Å². The molecule has 0 aromatic heterocycles. The molecular weight excluding hydrogens is 399 g/mol. The molecular formula is C14H13ClF3N3O4S. The van der Waals surface area contributed by atoms with Crippen molar-refractivity contribution in [2.24, 2.45) is 0 Å². The quantitative estimate of drug-likeness (QED) is 0.767. The van der Waals surface area contributed by atoms with Crippen LogP contribution >= 0.6 is 11.6 Å². The third-order valence-electron chi connectivity index (χ3n) is 4.25. The first-order valence-electron chi connectivity index (χ1n) is 7.48. The number of hydrogen-bond acceptors (Lipinski definition) is 4. The van der Waals surface area contributed by atoms with E-state index < -0.39 is 49.7 Å². The zero-order valence-electron chi connectivity index (χ0n) is 13.1. The monoisotopic (exact) mass is 411 g/mol. The van der Waals surface area contributed by atoms with Crippen molar-refractivity contribution in [2.75, 3.05) is 19.6 Å². The van der Waals surface area contributed by atoms with Crippen LogP contribution in [0.15, 0.2) is 23.1 Å². The van der Waals surface area contributed by atoms with E-state index >= 15 is 0 Å². The molecule has 0 bridgehead atoms. The summed E-state index contributed by atoms with van der Waals surface area (Å²) in [5.41, 5.74) is -1.25. The summed E-state index contributed by atoms with van der Waals surface area (Å²) < 4.78 is 65.2. The lowest BCUT2D eigenvalue weighted by molar-refractivity contribution is -0.137. The van der Waals surface area contributed by atoms with Crippen LogP contribution in [0.3, 0.4) is 0 Å². The molecule has 0 radical (unpaired) electrons. The second-order valence-corrected chi connectivity index (χ2v) is 8.21. The first kappa shape index (κ1) is 18.9. The Morgan fingerprint density at radius 2 is 1.92 bits per heavy atom. The van der Waals surface area contributed by atoms with Crippen LogP contribution in [-0.2, 0) is 21.0 Å². The van der Waals surface area contributed by atoms with Crippen LogP contribution in [0.5, 0.6) is 0 Å². The fraction of sp³-hybridized carbons (Fsp3) is 0.429. The maximum absolute atomic E-state index is 13.0. The van der Waals surface area contributed by atoms with Crippen molar-refractivity contribution in [3.05, 3.63) is 28.8 Å². The number of halogens is 4. The molecule has 2 saturated heterocycles. The fourth-order valence-electron chi connectivity index (χ4n) is 2.98. The van der Waals surface area contributed by atoms with Gasteiger partial charge >= 0.3 is 12.2 Å². The highest BCUT2D eigenvalue weighted by molar-refractivity contribution is 7.89. The Hall–Kier alpha value is -1.85. The number of imide groups is 1. The highest BCUT2D eigenvalue weighted by atomic mass is 35.5. The number of carbonyl (C=O) groups is 2. The Kier molecular flexibility index (Phi) is 4.65. The summed E-state index contributed by atoms with van der Waals surface area (Å²) in [6.45, 7) is -0.353. The number of rotatable bonds is 3. The van der Waals surface area contributed by atoms with Crippen LogP contribution in [-0.4, -0.2) is 55.2 Å². The number of alkyl halides is 3. The third kappa shape index (κ3) is 3.26. The molecule has 0 aliphatic carbocycles. The normalized spacial score (nSPS) is 22.2. The zero-order valence-corrected chi connectivity index (χ0v) is 14.7. The Bertz CT molecular complexity index is 859. The Morgan fingerprint density at radius 1 is 1.23 bits per heavy atom. The summed E-state index contributed by atoms with van der Waals surface area (Å²) in [4.78, 5) is 23.8. The molecule has 12 heteroatoms. The number of urea groups is 1. The number of nitrogens with one attached hydrogen (secondary N) is 1. The average molecular weight is 412 g/mol. The van der Waals surface area contributed by atoms with Gasteiger partial charge in [-0.05, 0) is 24.6 Å². The van der Waals surface area contributed by atoms with Crippen molar-refractivity contribution < 1.29 is 31.2 Å². The molecule has 2 fully saturated rings. The highest BCUT2D eigenvalue weighted by Gasteiger charge is 2.42. The van der Waals surface area contributed by atoms with Crippen LogP contribution in [0.1, 0.15) is 12.0 Å². The number of carbonyl (C=O) groups excluding carboxylic acids is 2. The lowest BCUT2D eigenvalue weighted by atomic mass is 10.2. The van der Waals surface area contributed by atoms with Gasteiger partial charge in [-0.15, -0.1) is 0 Å². The molecule has 1 N–H and O–H groups in total. The first-order chi connectivity index (χ1) is 12.0. The summed E-state index contributed by atoms with van der Waals surface area (Å²) in [5, 5.41) is 1.74. The van der Waals surface area contributed by atoms with Gasteiger partial charge in [-0.3, -0.25) is 9.69 Å². The molecule has 3 rings (SSSR count). The van der Waals surface area contributed by atoms with Gasteiger partial charge in [0.1, 0.15) is 0 Å². The van der Waals surface area contributed by atoms with E-state index in [-0.39, 0.29) is 26.1 Å².